The Hall–Kier alpha value is 0.0600. The van der Waals surface area contributed by atoms with E-state index in [1.165, 1.54) is 0 Å². The monoisotopic (exact) mass is 416 g/mol. The molecule has 3 atom stereocenters. The minimum atomic E-state index is -6.73. The molecule has 1 saturated heterocycles. The first kappa shape index (κ1) is 17.1. The van der Waals surface area contributed by atoms with Crippen molar-refractivity contribution >= 4 is 22.6 Å². The molecule has 0 radical (unpaired) electrons. The average molecular weight is 416 g/mol. The van der Waals surface area contributed by atoms with Gasteiger partial charge in [0.15, 0.2) is 0 Å². The third kappa shape index (κ3) is 2.20. The minimum Gasteiger partial charge on any atom is -0.336 e. The zero-order valence-corrected chi connectivity index (χ0v) is 11.1. The number of hydrogen-bond acceptors (Lipinski definition) is 1. The highest BCUT2D eigenvalue weighted by Crippen LogP contribution is 2.63. The van der Waals surface area contributed by atoms with Crippen LogP contribution in [0.4, 0.5) is 39.5 Å². The third-order valence-corrected chi connectivity index (χ3v) is 3.74. The Morgan fingerprint density at radius 1 is 1.00 bits per heavy atom. The number of rotatable bonds is 1. The Bertz CT molecular complexity index is 348. The van der Waals surface area contributed by atoms with E-state index in [-0.39, 0.29) is 0 Å². The van der Waals surface area contributed by atoms with Gasteiger partial charge in [-0.15, -0.1) is 0 Å². The number of halogens is 10. The highest BCUT2D eigenvalue weighted by molar-refractivity contribution is 14.1. The molecule has 114 valence electrons. The van der Waals surface area contributed by atoms with E-state index < -0.39 is 40.1 Å². The van der Waals surface area contributed by atoms with Crippen molar-refractivity contribution < 1.29 is 44.3 Å². The molecule has 0 aliphatic carbocycles. The van der Waals surface area contributed by atoms with Crippen LogP contribution in [0, 0.1) is 0 Å². The second-order valence-corrected chi connectivity index (χ2v) is 5.80. The molecule has 0 spiro atoms. The van der Waals surface area contributed by atoms with E-state index in [9.17, 15) is 39.5 Å². The van der Waals surface area contributed by atoms with Crippen molar-refractivity contribution in [2.75, 3.05) is 0 Å². The van der Waals surface area contributed by atoms with Crippen molar-refractivity contribution in [1.29, 1.82) is 0 Å². The molecule has 3 unspecified atom stereocenters. The lowest BCUT2D eigenvalue weighted by Crippen LogP contribution is -2.70. The first-order chi connectivity index (χ1) is 8.10. The van der Waals surface area contributed by atoms with Gasteiger partial charge in [0.05, 0.1) is 6.10 Å². The van der Waals surface area contributed by atoms with Gasteiger partial charge >= 0.3 is 23.9 Å². The normalized spacial score (nSPS) is 37.7. The van der Waals surface area contributed by atoms with Crippen LogP contribution in [-0.4, -0.2) is 33.7 Å². The summed E-state index contributed by atoms with van der Waals surface area (Å²) in [6.07, 6.45) is -16.3. The molecule has 1 fully saturated rings. The van der Waals surface area contributed by atoms with Crippen molar-refractivity contribution in [3.8, 4) is 0 Å². The van der Waals surface area contributed by atoms with Crippen LogP contribution in [0.5, 0.6) is 0 Å². The third-order valence-electron chi connectivity index (χ3n) is 2.60. The SMILES string of the molecule is CC1CC(F)(I)C(F)(C(F)(C(F)(F)F)C(F)(F)F)O1. The van der Waals surface area contributed by atoms with Gasteiger partial charge in [-0.1, -0.05) is 0 Å². The highest BCUT2D eigenvalue weighted by atomic mass is 127. The molecule has 0 N–H and O–H groups in total. The Morgan fingerprint density at radius 2 is 1.37 bits per heavy atom. The Kier molecular flexibility index (Phi) is 3.85. The van der Waals surface area contributed by atoms with E-state index >= 15 is 0 Å². The standard InChI is InChI=1S/C8H6F9IO/c1-3-2-4(9,18)6(11,19-3)5(10,7(12,13)14)8(15,16)17/h3H,2H2,1H3. The fourth-order valence-corrected chi connectivity index (χ4v) is 2.87. The Morgan fingerprint density at radius 3 is 1.58 bits per heavy atom. The van der Waals surface area contributed by atoms with E-state index in [4.69, 9.17) is 0 Å². The fraction of sp³-hybridized carbons (Fsp3) is 1.00. The fourth-order valence-electron chi connectivity index (χ4n) is 1.76. The van der Waals surface area contributed by atoms with E-state index in [0.717, 1.165) is 6.92 Å². The number of ether oxygens (including phenoxy) is 1. The molecule has 0 aromatic heterocycles. The molecule has 0 aromatic carbocycles. The van der Waals surface area contributed by atoms with E-state index in [0.29, 0.717) is 22.6 Å². The maximum Gasteiger partial charge on any atom is 0.437 e. The molecule has 1 rings (SSSR count). The zero-order chi connectivity index (χ0) is 15.5. The van der Waals surface area contributed by atoms with Crippen molar-refractivity contribution in [3.05, 3.63) is 0 Å². The zero-order valence-electron chi connectivity index (χ0n) is 8.97. The summed E-state index contributed by atoms with van der Waals surface area (Å²) in [4.78, 5) is 0. The van der Waals surface area contributed by atoms with Crippen LogP contribution in [0.1, 0.15) is 13.3 Å². The van der Waals surface area contributed by atoms with Crippen LogP contribution < -0.4 is 0 Å². The second kappa shape index (κ2) is 4.28. The van der Waals surface area contributed by atoms with Crippen LogP contribution in [0.25, 0.3) is 0 Å². The average Bonchev–Trinajstić information content (AvgIpc) is 2.30. The first-order valence-corrected chi connectivity index (χ1v) is 5.75. The highest BCUT2D eigenvalue weighted by Gasteiger charge is 2.90. The Labute approximate surface area is 114 Å². The summed E-state index contributed by atoms with van der Waals surface area (Å²) >= 11 is 0.359. The van der Waals surface area contributed by atoms with Crippen LogP contribution in [-0.2, 0) is 4.74 Å². The van der Waals surface area contributed by atoms with Gasteiger partial charge in [0.1, 0.15) is 0 Å². The summed E-state index contributed by atoms with van der Waals surface area (Å²) in [5, 5.41) is 0. The van der Waals surface area contributed by atoms with Gasteiger partial charge in [-0.25, -0.2) is 13.2 Å². The molecular formula is C8H6F9IO. The van der Waals surface area contributed by atoms with Gasteiger partial charge in [0.2, 0.25) is 3.68 Å². The molecule has 0 amide bonds. The van der Waals surface area contributed by atoms with Gasteiger partial charge in [0, 0.05) is 6.42 Å². The van der Waals surface area contributed by atoms with Gasteiger partial charge < -0.3 is 4.74 Å². The van der Waals surface area contributed by atoms with Crippen LogP contribution in [0.3, 0.4) is 0 Å². The molecule has 0 aromatic rings. The quantitative estimate of drug-likeness (QED) is 0.350. The summed E-state index contributed by atoms with van der Waals surface area (Å²) in [6, 6.07) is 0. The number of alkyl halides is 10. The van der Waals surface area contributed by atoms with Crippen LogP contribution in [0.15, 0.2) is 0 Å². The van der Waals surface area contributed by atoms with E-state index in [2.05, 4.69) is 4.74 Å². The summed E-state index contributed by atoms with van der Waals surface area (Å²) in [5.41, 5.74) is -6.46. The van der Waals surface area contributed by atoms with Gasteiger partial charge in [-0.05, 0) is 29.5 Å². The van der Waals surface area contributed by atoms with Crippen molar-refractivity contribution in [1.82, 2.24) is 0 Å². The predicted molar refractivity (Wildman–Crippen MR) is 52.8 cm³/mol. The molecular weight excluding hydrogens is 410 g/mol. The molecule has 11 heteroatoms. The van der Waals surface area contributed by atoms with Gasteiger partial charge in [-0.2, -0.15) is 26.3 Å². The second-order valence-electron chi connectivity index (χ2n) is 4.09. The molecule has 19 heavy (non-hydrogen) atoms. The summed E-state index contributed by atoms with van der Waals surface area (Å²) < 4.78 is 115. The lowest BCUT2D eigenvalue weighted by molar-refractivity contribution is -0.420. The molecule has 1 aliphatic heterocycles. The van der Waals surface area contributed by atoms with E-state index in [1.54, 1.807) is 0 Å². The van der Waals surface area contributed by atoms with E-state index in [1.807, 2.05) is 0 Å². The van der Waals surface area contributed by atoms with Gasteiger partial charge in [0.25, 0.3) is 0 Å². The molecule has 0 bridgehead atoms. The molecule has 1 nitrogen and oxygen atoms in total. The van der Waals surface area contributed by atoms with Gasteiger partial charge in [-0.3, -0.25) is 0 Å². The van der Waals surface area contributed by atoms with Crippen LogP contribution >= 0.6 is 22.6 Å². The minimum absolute atomic E-state index is 0.359. The van der Waals surface area contributed by atoms with Crippen LogP contribution in [0.2, 0.25) is 0 Å². The largest absolute Gasteiger partial charge is 0.437 e. The first-order valence-electron chi connectivity index (χ1n) is 4.67. The lowest BCUT2D eigenvalue weighted by Gasteiger charge is -2.41. The predicted octanol–water partition coefficient (Wildman–Crippen LogP) is 4.39. The lowest BCUT2D eigenvalue weighted by atomic mass is 9.90. The van der Waals surface area contributed by atoms with Crippen molar-refractivity contribution in [2.24, 2.45) is 0 Å². The maximum atomic E-state index is 14.0. The summed E-state index contributed by atoms with van der Waals surface area (Å²) in [5.74, 6) is -5.21. The molecule has 0 saturated carbocycles. The van der Waals surface area contributed by atoms with Crippen molar-refractivity contribution in [2.45, 2.75) is 47.0 Å². The summed E-state index contributed by atoms with van der Waals surface area (Å²) in [7, 11) is 0. The number of hydrogen-bond donors (Lipinski definition) is 0. The maximum absolute atomic E-state index is 14.0. The summed E-state index contributed by atoms with van der Waals surface area (Å²) in [6.45, 7) is 0.835. The van der Waals surface area contributed by atoms with Crippen molar-refractivity contribution in [3.63, 3.8) is 0 Å². The smallest absolute Gasteiger partial charge is 0.336 e. The molecule has 1 aliphatic rings. The Balaban J connectivity index is 3.52. The molecule has 1 heterocycles. The topological polar surface area (TPSA) is 9.23 Å².